The zero-order valence-electron chi connectivity index (χ0n) is 23.4. The third-order valence-corrected chi connectivity index (χ3v) is 7.32. The van der Waals surface area contributed by atoms with E-state index in [9.17, 15) is 18.4 Å². The first-order valence-electron chi connectivity index (χ1n) is 13.5. The number of methoxy groups -OCH3 is 2. The van der Waals surface area contributed by atoms with Crippen molar-refractivity contribution in [2.24, 2.45) is 0 Å². The van der Waals surface area contributed by atoms with Crippen molar-refractivity contribution < 1.29 is 32.6 Å². The Balaban J connectivity index is 1.36. The quantitative estimate of drug-likeness (QED) is 0.316. The van der Waals surface area contributed by atoms with Crippen molar-refractivity contribution in [1.29, 1.82) is 0 Å². The maximum atomic E-state index is 14.8. The minimum absolute atomic E-state index is 0.000449. The molecule has 0 atom stereocenters. The number of carbonyl (C=O) groups excluding carboxylic acids is 2. The number of halogens is 2. The van der Waals surface area contributed by atoms with Crippen molar-refractivity contribution in [3.05, 3.63) is 89.2 Å². The molecule has 1 N–H and O–H groups in total. The molecule has 2 amide bonds. The molecule has 0 spiro atoms. The number of ether oxygens (including phenoxy) is 3. The van der Waals surface area contributed by atoms with Gasteiger partial charge >= 0.3 is 0 Å². The monoisotopic (exact) mass is 587 g/mol. The molecule has 0 unspecified atom stereocenters. The minimum Gasteiger partial charge on any atom is -0.497 e. The van der Waals surface area contributed by atoms with Gasteiger partial charge in [-0.15, -0.1) is 0 Å². The van der Waals surface area contributed by atoms with Crippen LogP contribution in [0, 0.1) is 11.6 Å². The van der Waals surface area contributed by atoms with Crippen molar-refractivity contribution >= 4 is 29.0 Å². The van der Waals surface area contributed by atoms with Crippen LogP contribution in [0.15, 0.2) is 60.8 Å². The van der Waals surface area contributed by atoms with Crippen LogP contribution in [0.3, 0.4) is 0 Å². The van der Waals surface area contributed by atoms with Gasteiger partial charge in [0.15, 0.2) is 0 Å². The highest BCUT2D eigenvalue weighted by molar-refractivity contribution is 6.04. The Morgan fingerprint density at radius 2 is 1.81 bits per heavy atom. The van der Waals surface area contributed by atoms with E-state index in [0.29, 0.717) is 47.5 Å². The zero-order chi connectivity index (χ0) is 30.1. The predicted octanol–water partition coefficient (Wildman–Crippen LogP) is 4.70. The molecule has 0 aliphatic carbocycles. The Hall–Kier alpha value is -5.10. The lowest BCUT2D eigenvalue weighted by Crippen LogP contribution is -2.41. The molecule has 2 aromatic carbocycles. The van der Waals surface area contributed by atoms with Gasteiger partial charge in [0.25, 0.3) is 11.8 Å². The van der Waals surface area contributed by atoms with E-state index in [-0.39, 0.29) is 48.3 Å². The van der Waals surface area contributed by atoms with Crippen LogP contribution in [0.2, 0.25) is 0 Å². The van der Waals surface area contributed by atoms with E-state index in [1.165, 1.54) is 25.4 Å². The zero-order valence-corrected chi connectivity index (χ0v) is 23.4. The number of carbonyl (C=O) groups is 2. The van der Waals surface area contributed by atoms with Gasteiger partial charge in [-0.3, -0.25) is 9.59 Å². The Kier molecular flexibility index (Phi) is 7.59. The third-order valence-electron chi connectivity index (χ3n) is 7.32. The Morgan fingerprint density at radius 1 is 1.00 bits per heavy atom. The number of fused-ring (bicyclic) bond motifs is 1. The second-order valence-electron chi connectivity index (χ2n) is 9.94. The van der Waals surface area contributed by atoms with Crippen molar-refractivity contribution in [2.75, 3.05) is 44.2 Å². The molecule has 2 aliphatic rings. The molecular weight excluding hydrogens is 560 g/mol. The standard InChI is InChI=1S/C31H27F2N5O5/c1-41-20-8-6-18(26(12-20)42-2)15-37-16-25-30(31(37)40)24(13-23(35-25)29-21(32)4-3-5-22(29)33)36-27-9-7-19(14-34-27)38-10-11-43-17-28(38)39/h3-9,12-14H,10-11,15-17H2,1-2H3,(H,34,35,36). The second kappa shape index (κ2) is 11.6. The first-order chi connectivity index (χ1) is 20.9. The fourth-order valence-corrected chi connectivity index (χ4v) is 5.20. The van der Waals surface area contributed by atoms with Gasteiger partial charge in [0.05, 0.1) is 74.0 Å². The van der Waals surface area contributed by atoms with Gasteiger partial charge in [-0.1, -0.05) is 6.07 Å². The summed E-state index contributed by atoms with van der Waals surface area (Å²) in [5.74, 6) is -0.527. The molecule has 12 heteroatoms. The van der Waals surface area contributed by atoms with E-state index < -0.39 is 11.6 Å². The van der Waals surface area contributed by atoms with Crippen molar-refractivity contribution in [3.8, 4) is 22.8 Å². The minimum atomic E-state index is -0.778. The number of hydrogen-bond acceptors (Lipinski definition) is 8. The van der Waals surface area contributed by atoms with Crippen LogP contribution < -0.4 is 19.7 Å². The molecule has 220 valence electrons. The highest BCUT2D eigenvalue weighted by atomic mass is 19.1. The van der Waals surface area contributed by atoms with Gasteiger partial charge in [-0.05, 0) is 42.5 Å². The summed E-state index contributed by atoms with van der Waals surface area (Å²) in [4.78, 5) is 38.1. The fraction of sp³-hybridized carbons (Fsp3) is 0.226. The summed E-state index contributed by atoms with van der Waals surface area (Å²) in [6.45, 7) is 1.13. The summed E-state index contributed by atoms with van der Waals surface area (Å²) in [5.41, 5.74) is 1.99. The van der Waals surface area contributed by atoms with Gasteiger partial charge in [0, 0.05) is 18.2 Å². The molecule has 0 bridgehead atoms. The number of pyridine rings is 2. The number of anilines is 3. The van der Waals surface area contributed by atoms with Crippen molar-refractivity contribution in [3.63, 3.8) is 0 Å². The Bertz CT molecular complexity index is 1700. The SMILES string of the molecule is COc1ccc(CN2Cc3nc(-c4c(F)cccc4F)cc(Nc4ccc(N5CCOCC5=O)cn4)c3C2=O)c(OC)c1. The van der Waals surface area contributed by atoms with Crippen LogP contribution in [0.4, 0.5) is 26.0 Å². The van der Waals surface area contributed by atoms with Gasteiger partial charge in [-0.25, -0.2) is 18.7 Å². The van der Waals surface area contributed by atoms with E-state index >= 15 is 0 Å². The molecule has 10 nitrogen and oxygen atoms in total. The molecule has 0 radical (unpaired) electrons. The molecular formula is C31H27F2N5O5. The largest absolute Gasteiger partial charge is 0.497 e. The average molecular weight is 588 g/mol. The summed E-state index contributed by atoms with van der Waals surface area (Å²) >= 11 is 0. The third kappa shape index (κ3) is 5.44. The molecule has 2 aliphatic heterocycles. The fourth-order valence-electron chi connectivity index (χ4n) is 5.20. The van der Waals surface area contributed by atoms with Crippen LogP contribution in [-0.4, -0.2) is 60.7 Å². The maximum absolute atomic E-state index is 14.8. The van der Waals surface area contributed by atoms with Gasteiger partial charge in [-0.2, -0.15) is 0 Å². The van der Waals surface area contributed by atoms with E-state index in [1.54, 1.807) is 41.2 Å². The summed E-state index contributed by atoms with van der Waals surface area (Å²) in [5, 5.41) is 3.13. The highest BCUT2D eigenvalue weighted by Gasteiger charge is 2.34. The molecule has 2 aromatic heterocycles. The first-order valence-corrected chi connectivity index (χ1v) is 13.5. The van der Waals surface area contributed by atoms with Gasteiger partial charge in [0.1, 0.15) is 35.6 Å². The number of amides is 2. The van der Waals surface area contributed by atoms with E-state index in [4.69, 9.17) is 14.2 Å². The van der Waals surface area contributed by atoms with Crippen LogP contribution in [0.25, 0.3) is 11.3 Å². The second-order valence-corrected chi connectivity index (χ2v) is 9.94. The van der Waals surface area contributed by atoms with Gasteiger partial charge < -0.3 is 29.3 Å². The summed E-state index contributed by atoms with van der Waals surface area (Å²) in [7, 11) is 3.08. The van der Waals surface area contributed by atoms with E-state index in [0.717, 1.165) is 17.7 Å². The van der Waals surface area contributed by atoms with Crippen molar-refractivity contribution in [2.45, 2.75) is 13.1 Å². The average Bonchev–Trinajstić information content (AvgIpc) is 3.32. The highest BCUT2D eigenvalue weighted by Crippen LogP contribution is 2.37. The van der Waals surface area contributed by atoms with E-state index in [1.807, 2.05) is 6.07 Å². The van der Waals surface area contributed by atoms with Crippen LogP contribution in [0.5, 0.6) is 11.5 Å². The lowest BCUT2D eigenvalue weighted by molar-refractivity contribution is -0.125. The van der Waals surface area contributed by atoms with Crippen LogP contribution >= 0.6 is 0 Å². The van der Waals surface area contributed by atoms with Crippen molar-refractivity contribution in [1.82, 2.24) is 14.9 Å². The molecule has 1 saturated heterocycles. The number of benzene rings is 2. The molecule has 4 heterocycles. The smallest absolute Gasteiger partial charge is 0.258 e. The Labute approximate surface area is 245 Å². The Morgan fingerprint density at radius 3 is 2.51 bits per heavy atom. The number of nitrogens with zero attached hydrogens (tertiary/aromatic N) is 4. The lowest BCUT2D eigenvalue weighted by atomic mass is 10.1. The number of hydrogen-bond donors (Lipinski definition) is 1. The first kappa shape index (κ1) is 28.0. The lowest BCUT2D eigenvalue weighted by Gasteiger charge is -2.26. The maximum Gasteiger partial charge on any atom is 0.258 e. The number of nitrogens with one attached hydrogen (secondary N) is 1. The topological polar surface area (TPSA) is 106 Å². The van der Waals surface area contributed by atoms with E-state index in [2.05, 4.69) is 15.3 Å². The summed E-state index contributed by atoms with van der Waals surface area (Å²) in [6.07, 6.45) is 1.54. The molecule has 6 rings (SSSR count). The molecule has 43 heavy (non-hydrogen) atoms. The number of rotatable bonds is 8. The van der Waals surface area contributed by atoms with Gasteiger partial charge in [0.2, 0.25) is 0 Å². The molecule has 1 fully saturated rings. The number of aromatic nitrogens is 2. The summed E-state index contributed by atoms with van der Waals surface area (Å²) < 4.78 is 45.6. The van der Waals surface area contributed by atoms with Crippen LogP contribution in [0.1, 0.15) is 21.6 Å². The number of morpholine rings is 1. The molecule has 4 aromatic rings. The van der Waals surface area contributed by atoms with Crippen LogP contribution in [-0.2, 0) is 22.6 Å². The normalized spacial score (nSPS) is 14.6. The summed E-state index contributed by atoms with van der Waals surface area (Å²) in [6, 6.07) is 13.7. The predicted molar refractivity (Wildman–Crippen MR) is 153 cm³/mol. The molecule has 0 saturated carbocycles.